The Hall–Kier alpha value is -0.870. The van der Waals surface area contributed by atoms with Crippen LogP contribution in [0.3, 0.4) is 0 Å². The molecule has 0 heterocycles. The average molecular weight is 499 g/mol. The average Bonchev–Trinajstić information content (AvgIpc) is 2.78. The van der Waals surface area contributed by atoms with Gasteiger partial charge in [-0.15, -0.1) is 0 Å². The van der Waals surface area contributed by atoms with Crippen molar-refractivity contribution in [2.75, 3.05) is 0 Å². The Morgan fingerprint density at radius 2 is 1.12 bits per heavy atom. The number of phosphoric ester groups is 1. The van der Waals surface area contributed by atoms with Gasteiger partial charge in [0.1, 0.15) is 5.75 Å². The Bertz CT molecular complexity index is 645. The molecule has 0 bridgehead atoms. The van der Waals surface area contributed by atoms with Gasteiger partial charge in [-0.2, -0.15) is 0 Å². The highest BCUT2D eigenvalue weighted by atomic mass is 31.2. The van der Waals surface area contributed by atoms with Gasteiger partial charge in [-0.05, 0) is 31.4 Å². The second-order valence-electron chi connectivity index (χ2n) is 9.65. The number of para-hydroxylation sites is 1. The number of benzene rings is 1. The lowest BCUT2D eigenvalue weighted by atomic mass is 10.0. The fraction of sp³-hybridized carbons (Fsp3) is 0.786. The minimum atomic E-state index is -4.56. The third kappa shape index (κ3) is 18.5. The zero-order valence-electron chi connectivity index (χ0n) is 21.9. The van der Waals surface area contributed by atoms with E-state index in [9.17, 15) is 4.57 Å². The van der Waals surface area contributed by atoms with E-state index in [4.69, 9.17) is 14.5 Å². The molecule has 6 heteroatoms. The van der Waals surface area contributed by atoms with Crippen LogP contribution in [0.2, 0.25) is 0 Å². The molecular weight excluding hydrogens is 447 g/mol. The number of hydrogen-bond acceptors (Lipinski definition) is 3. The van der Waals surface area contributed by atoms with Gasteiger partial charge in [-0.1, -0.05) is 134 Å². The lowest BCUT2D eigenvalue weighted by Gasteiger charge is -2.18. The summed E-state index contributed by atoms with van der Waals surface area (Å²) in [6.45, 7) is 3.77. The molecule has 1 aromatic rings. The predicted octanol–water partition coefficient (Wildman–Crippen LogP) is 9.10. The molecule has 0 spiro atoms. The molecule has 1 atom stereocenters. The van der Waals surface area contributed by atoms with E-state index in [0.29, 0.717) is 5.75 Å². The van der Waals surface area contributed by atoms with Crippen molar-refractivity contribution >= 4 is 7.82 Å². The lowest BCUT2D eigenvalue weighted by Crippen LogP contribution is -2.15. The van der Waals surface area contributed by atoms with E-state index >= 15 is 0 Å². The van der Waals surface area contributed by atoms with Gasteiger partial charge >= 0.3 is 7.82 Å². The van der Waals surface area contributed by atoms with Crippen LogP contribution in [0.5, 0.6) is 5.75 Å². The molecule has 198 valence electrons. The SMILES string of the molecule is CCCCCCCCCCCCCCCCCCCCc1ccccc1OC(C)OP(=O)(O)O. The summed E-state index contributed by atoms with van der Waals surface area (Å²) < 4.78 is 21.1. The van der Waals surface area contributed by atoms with E-state index in [0.717, 1.165) is 18.4 Å². The quantitative estimate of drug-likeness (QED) is 0.0894. The Balaban J connectivity index is 1.96. The summed E-state index contributed by atoms with van der Waals surface area (Å²) in [7, 11) is -4.56. The summed E-state index contributed by atoms with van der Waals surface area (Å²) in [4.78, 5) is 17.8. The lowest BCUT2D eigenvalue weighted by molar-refractivity contribution is -0.00148. The molecule has 0 aromatic heterocycles. The second kappa shape index (κ2) is 20.3. The van der Waals surface area contributed by atoms with Gasteiger partial charge in [0.15, 0.2) is 0 Å². The maximum absolute atomic E-state index is 11.0. The van der Waals surface area contributed by atoms with Crippen molar-refractivity contribution in [3.05, 3.63) is 29.8 Å². The Kier molecular flexibility index (Phi) is 18.6. The molecule has 34 heavy (non-hydrogen) atoms. The van der Waals surface area contributed by atoms with Crippen molar-refractivity contribution in [3.63, 3.8) is 0 Å². The van der Waals surface area contributed by atoms with Crippen LogP contribution in [-0.2, 0) is 15.5 Å². The number of aryl methyl sites for hydroxylation is 1. The minimum absolute atomic E-state index is 0.635. The molecule has 5 nitrogen and oxygen atoms in total. The summed E-state index contributed by atoms with van der Waals surface area (Å²) in [5.74, 6) is 0.635. The fourth-order valence-electron chi connectivity index (χ4n) is 4.44. The molecule has 0 saturated heterocycles. The molecule has 1 aromatic carbocycles. The maximum Gasteiger partial charge on any atom is 0.472 e. The van der Waals surface area contributed by atoms with E-state index in [1.54, 1.807) is 0 Å². The number of rotatable bonds is 23. The van der Waals surface area contributed by atoms with Crippen LogP contribution in [-0.4, -0.2) is 16.1 Å². The second-order valence-corrected chi connectivity index (χ2v) is 10.8. The minimum Gasteiger partial charge on any atom is -0.464 e. The molecule has 0 radical (unpaired) electrons. The van der Waals surface area contributed by atoms with E-state index in [2.05, 4.69) is 11.4 Å². The highest BCUT2D eigenvalue weighted by Gasteiger charge is 2.20. The third-order valence-electron chi connectivity index (χ3n) is 6.35. The number of phosphoric acid groups is 1. The highest BCUT2D eigenvalue weighted by molar-refractivity contribution is 7.46. The van der Waals surface area contributed by atoms with Gasteiger partial charge in [0.2, 0.25) is 6.29 Å². The van der Waals surface area contributed by atoms with Crippen molar-refractivity contribution < 1.29 is 23.6 Å². The monoisotopic (exact) mass is 498 g/mol. The molecule has 0 aliphatic rings. The van der Waals surface area contributed by atoms with Gasteiger partial charge in [0.25, 0.3) is 0 Å². The van der Waals surface area contributed by atoms with Crippen molar-refractivity contribution in [2.45, 2.75) is 142 Å². The van der Waals surface area contributed by atoms with Crippen molar-refractivity contribution in [1.82, 2.24) is 0 Å². The standard InChI is InChI=1S/C28H51O5P/c1-3-4-5-6-7-8-9-10-11-12-13-14-15-16-17-18-19-20-23-27-24-21-22-25-28(27)32-26(2)33-34(29,30)31/h21-22,24-26H,3-20,23H2,1-2H3,(H2,29,30,31). The van der Waals surface area contributed by atoms with Crippen LogP contribution >= 0.6 is 7.82 Å². The van der Waals surface area contributed by atoms with Crippen molar-refractivity contribution in [1.29, 1.82) is 0 Å². The molecule has 2 N–H and O–H groups in total. The van der Waals surface area contributed by atoms with Crippen molar-refractivity contribution in [2.24, 2.45) is 0 Å². The predicted molar refractivity (Wildman–Crippen MR) is 142 cm³/mol. The first-order chi connectivity index (χ1) is 16.4. The maximum atomic E-state index is 11.0. The van der Waals surface area contributed by atoms with E-state index in [1.165, 1.54) is 116 Å². The molecule has 0 amide bonds. The number of unbranched alkanes of at least 4 members (excludes halogenated alkanes) is 17. The molecular formula is C28H51O5P. The molecule has 0 aliphatic heterocycles. The Morgan fingerprint density at radius 1 is 0.706 bits per heavy atom. The number of ether oxygens (including phenoxy) is 1. The van der Waals surface area contributed by atoms with Crippen LogP contribution in [0.15, 0.2) is 24.3 Å². The van der Waals surface area contributed by atoms with Crippen LogP contribution in [0.4, 0.5) is 0 Å². The summed E-state index contributed by atoms with van der Waals surface area (Å²) in [5, 5.41) is 0. The molecule has 0 fully saturated rings. The summed E-state index contributed by atoms with van der Waals surface area (Å²) >= 11 is 0. The van der Waals surface area contributed by atoms with Crippen LogP contribution in [0.25, 0.3) is 0 Å². The van der Waals surface area contributed by atoms with Crippen LogP contribution in [0, 0.1) is 0 Å². The fourth-order valence-corrected chi connectivity index (χ4v) is 4.87. The molecule has 1 rings (SSSR count). The zero-order chi connectivity index (χ0) is 24.9. The highest BCUT2D eigenvalue weighted by Crippen LogP contribution is 2.38. The summed E-state index contributed by atoms with van der Waals surface area (Å²) in [6.07, 6.45) is 24.4. The van der Waals surface area contributed by atoms with E-state index < -0.39 is 14.1 Å². The van der Waals surface area contributed by atoms with Crippen molar-refractivity contribution in [3.8, 4) is 5.75 Å². The number of hydrogen-bond donors (Lipinski definition) is 2. The topological polar surface area (TPSA) is 76.0 Å². The van der Waals surface area contributed by atoms with Gasteiger partial charge in [-0.3, -0.25) is 0 Å². The van der Waals surface area contributed by atoms with Gasteiger partial charge in [-0.25, -0.2) is 9.09 Å². The molecule has 0 saturated carbocycles. The first-order valence-corrected chi connectivity index (χ1v) is 15.4. The first-order valence-electron chi connectivity index (χ1n) is 13.9. The first kappa shape index (κ1) is 31.2. The Morgan fingerprint density at radius 3 is 1.56 bits per heavy atom. The molecule has 1 unspecified atom stereocenters. The largest absolute Gasteiger partial charge is 0.472 e. The third-order valence-corrected chi connectivity index (χ3v) is 6.92. The summed E-state index contributed by atoms with van der Waals surface area (Å²) in [6, 6.07) is 7.65. The van der Waals surface area contributed by atoms with Gasteiger partial charge in [0, 0.05) is 0 Å². The smallest absolute Gasteiger partial charge is 0.464 e. The van der Waals surface area contributed by atoms with Gasteiger partial charge in [0.05, 0.1) is 0 Å². The summed E-state index contributed by atoms with van der Waals surface area (Å²) in [5.41, 5.74) is 1.06. The van der Waals surface area contributed by atoms with Crippen LogP contribution in [0.1, 0.15) is 135 Å². The zero-order valence-corrected chi connectivity index (χ0v) is 22.8. The van der Waals surface area contributed by atoms with Crippen LogP contribution < -0.4 is 4.74 Å². The van der Waals surface area contributed by atoms with Gasteiger partial charge < -0.3 is 14.5 Å². The van der Waals surface area contributed by atoms with E-state index in [1.807, 2.05) is 24.3 Å². The Labute approximate surface area is 209 Å². The van der Waals surface area contributed by atoms with E-state index in [-0.39, 0.29) is 0 Å². The normalized spacial score (nSPS) is 12.7. The molecule has 0 aliphatic carbocycles.